The number of carbonyl (C=O) groups is 2. The molecule has 2 aromatic rings. The summed E-state index contributed by atoms with van der Waals surface area (Å²) in [7, 11) is 3.89. The molecule has 4 nitrogen and oxygen atoms in total. The van der Waals surface area contributed by atoms with E-state index in [2.05, 4.69) is 5.32 Å². The Morgan fingerprint density at radius 1 is 1.15 bits per heavy atom. The quantitative estimate of drug-likeness (QED) is 0.860. The highest BCUT2D eigenvalue weighted by Crippen LogP contribution is 2.12. The van der Waals surface area contributed by atoms with Crippen molar-refractivity contribution >= 4 is 28.7 Å². The minimum Gasteiger partial charge on any atom is -0.378 e. The first kappa shape index (κ1) is 14.3. The van der Waals surface area contributed by atoms with Gasteiger partial charge in [0.25, 0.3) is 5.91 Å². The maximum absolute atomic E-state index is 12.0. The molecule has 1 amide bonds. The van der Waals surface area contributed by atoms with Crippen molar-refractivity contribution in [2.75, 3.05) is 25.5 Å². The molecule has 0 radical (unpaired) electrons. The summed E-state index contributed by atoms with van der Waals surface area (Å²) >= 11 is 1.35. The molecule has 1 aromatic heterocycles. The Morgan fingerprint density at radius 2 is 1.85 bits per heavy atom. The van der Waals surface area contributed by atoms with Crippen molar-refractivity contribution in [3.05, 3.63) is 52.2 Å². The third-order valence-corrected chi connectivity index (χ3v) is 3.73. The highest BCUT2D eigenvalue weighted by atomic mass is 32.1. The topological polar surface area (TPSA) is 49.4 Å². The van der Waals surface area contributed by atoms with Crippen LogP contribution in [0.1, 0.15) is 20.0 Å². The standard InChI is InChI=1S/C15H16N2O2S/c1-17(2)12-7-5-11(6-8-12)13(18)10-16-15(19)14-4-3-9-20-14/h3-9H,10H2,1-2H3,(H,16,19). The van der Waals surface area contributed by atoms with Gasteiger partial charge in [0.1, 0.15) is 0 Å². The summed E-state index contributed by atoms with van der Waals surface area (Å²) in [5.41, 5.74) is 1.63. The van der Waals surface area contributed by atoms with Crippen molar-refractivity contribution in [3.8, 4) is 0 Å². The van der Waals surface area contributed by atoms with Gasteiger partial charge in [-0.2, -0.15) is 0 Å². The van der Waals surface area contributed by atoms with Gasteiger partial charge in [-0.3, -0.25) is 9.59 Å². The number of ketones is 1. The summed E-state index contributed by atoms with van der Waals surface area (Å²) < 4.78 is 0. The normalized spacial score (nSPS) is 10.1. The van der Waals surface area contributed by atoms with Crippen LogP contribution < -0.4 is 10.2 Å². The van der Waals surface area contributed by atoms with Crippen LogP contribution in [0.25, 0.3) is 0 Å². The number of hydrogen-bond acceptors (Lipinski definition) is 4. The van der Waals surface area contributed by atoms with Crippen LogP contribution in [0.3, 0.4) is 0 Å². The molecule has 1 N–H and O–H groups in total. The summed E-state index contributed by atoms with van der Waals surface area (Å²) in [6.07, 6.45) is 0. The van der Waals surface area contributed by atoms with Gasteiger partial charge in [-0.05, 0) is 35.7 Å². The molecule has 0 bridgehead atoms. The second-order valence-electron chi connectivity index (χ2n) is 4.52. The number of Topliss-reactive ketones (excluding diaryl/α,β-unsaturated/α-hetero) is 1. The molecule has 0 unspecified atom stereocenters. The van der Waals surface area contributed by atoms with Crippen LogP contribution in [0.15, 0.2) is 41.8 Å². The zero-order valence-electron chi connectivity index (χ0n) is 11.4. The Balaban J connectivity index is 1.93. The smallest absolute Gasteiger partial charge is 0.261 e. The van der Waals surface area contributed by atoms with Gasteiger partial charge in [0.15, 0.2) is 5.78 Å². The van der Waals surface area contributed by atoms with Gasteiger partial charge in [-0.15, -0.1) is 11.3 Å². The molecule has 20 heavy (non-hydrogen) atoms. The number of nitrogens with one attached hydrogen (secondary N) is 1. The zero-order chi connectivity index (χ0) is 14.5. The minimum absolute atomic E-state index is 0.0119. The van der Waals surface area contributed by atoms with E-state index in [0.717, 1.165) is 5.69 Å². The van der Waals surface area contributed by atoms with Crippen molar-refractivity contribution in [3.63, 3.8) is 0 Å². The van der Waals surface area contributed by atoms with Crippen LogP contribution in [0.4, 0.5) is 5.69 Å². The predicted octanol–water partition coefficient (Wildman–Crippen LogP) is 2.43. The first-order chi connectivity index (χ1) is 9.58. The second kappa shape index (κ2) is 6.34. The maximum Gasteiger partial charge on any atom is 0.261 e. The van der Waals surface area contributed by atoms with Crippen LogP contribution >= 0.6 is 11.3 Å². The Morgan fingerprint density at radius 3 is 2.40 bits per heavy atom. The lowest BCUT2D eigenvalue weighted by molar-refractivity contribution is 0.0906. The molecule has 0 saturated carbocycles. The predicted molar refractivity (Wildman–Crippen MR) is 81.8 cm³/mol. The molecule has 0 atom stereocenters. The van der Waals surface area contributed by atoms with Crippen molar-refractivity contribution in [2.45, 2.75) is 0 Å². The number of thiophene rings is 1. The summed E-state index contributed by atoms with van der Waals surface area (Å²) in [4.78, 5) is 26.3. The fourth-order valence-corrected chi connectivity index (χ4v) is 2.34. The van der Waals surface area contributed by atoms with E-state index < -0.39 is 0 Å². The van der Waals surface area contributed by atoms with Crippen molar-refractivity contribution < 1.29 is 9.59 Å². The van der Waals surface area contributed by atoms with Gasteiger partial charge >= 0.3 is 0 Å². The van der Waals surface area contributed by atoms with E-state index in [-0.39, 0.29) is 18.2 Å². The van der Waals surface area contributed by atoms with Crippen molar-refractivity contribution in [1.29, 1.82) is 0 Å². The van der Waals surface area contributed by atoms with E-state index in [9.17, 15) is 9.59 Å². The fourth-order valence-electron chi connectivity index (χ4n) is 1.70. The molecule has 5 heteroatoms. The molecule has 0 fully saturated rings. The number of carbonyl (C=O) groups excluding carboxylic acids is 2. The highest BCUT2D eigenvalue weighted by molar-refractivity contribution is 7.12. The molecule has 104 valence electrons. The summed E-state index contributed by atoms with van der Waals surface area (Å²) in [6, 6.07) is 10.9. The monoisotopic (exact) mass is 288 g/mol. The SMILES string of the molecule is CN(C)c1ccc(C(=O)CNC(=O)c2cccs2)cc1. The summed E-state index contributed by atoms with van der Waals surface area (Å²) in [5.74, 6) is -0.307. The zero-order valence-corrected chi connectivity index (χ0v) is 12.2. The first-order valence-corrected chi connectivity index (χ1v) is 7.08. The lowest BCUT2D eigenvalue weighted by Crippen LogP contribution is -2.28. The molecule has 0 aliphatic carbocycles. The van der Waals surface area contributed by atoms with Crippen molar-refractivity contribution in [1.82, 2.24) is 5.32 Å². The van der Waals surface area contributed by atoms with Gasteiger partial charge in [-0.1, -0.05) is 6.07 Å². The number of anilines is 1. The van der Waals surface area contributed by atoms with E-state index >= 15 is 0 Å². The van der Waals surface area contributed by atoms with Crippen LogP contribution in [0.2, 0.25) is 0 Å². The molecule has 1 heterocycles. The fraction of sp³-hybridized carbons (Fsp3) is 0.200. The molecule has 0 saturated heterocycles. The molecular weight excluding hydrogens is 272 g/mol. The third kappa shape index (κ3) is 3.45. The Kier molecular flexibility index (Phi) is 4.53. The molecular formula is C15H16N2O2S. The third-order valence-electron chi connectivity index (χ3n) is 2.86. The van der Waals surface area contributed by atoms with Gasteiger partial charge in [0, 0.05) is 25.3 Å². The largest absolute Gasteiger partial charge is 0.378 e. The van der Waals surface area contributed by atoms with Gasteiger partial charge in [0.05, 0.1) is 11.4 Å². The lowest BCUT2D eigenvalue weighted by Gasteiger charge is -2.12. The molecule has 0 aliphatic rings. The maximum atomic E-state index is 12.0. The summed E-state index contributed by atoms with van der Waals surface area (Å²) in [5, 5.41) is 4.46. The first-order valence-electron chi connectivity index (χ1n) is 6.20. The van der Waals surface area contributed by atoms with Crippen molar-refractivity contribution in [2.24, 2.45) is 0 Å². The number of hydrogen-bond donors (Lipinski definition) is 1. The van der Waals surface area contributed by atoms with Gasteiger partial charge in [0.2, 0.25) is 0 Å². The molecule has 0 spiro atoms. The highest BCUT2D eigenvalue weighted by Gasteiger charge is 2.10. The van der Waals surface area contributed by atoms with E-state index in [1.54, 1.807) is 24.3 Å². The average molecular weight is 288 g/mol. The van der Waals surface area contributed by atoms with Gasteiger partial charge < -0.3 is 10.2 Å². The van der Waals surface area contributed by atoms with E-state index in [0.29, 0.717) is 10.4 Å². The Hall–Kier alpha value is -2.14. The molecule has 0 aliphatic heterocycles. The minimum atomic E-state index is -0.210. The summed E-state index contributed by atoms with van der Waals surface area (Å²) in [6.45, 7) is 0.0119. The number of rotatable bonds is 5. The Labute approximate surface area is 122 Å². The van der Waals surface area contributed by atoms with Crippen LogP contribution in [-0.2, 0) is 0 Å². The van der Waals surface area contributed by atoms with E-state index in [4.69, 9.17) is 0 Å². The van der Waals surface area contributed by atoms with E-state index in [1.165, 1.54) is 11.3 Å². The van der Waals surface area contributed by atoms with Crippen LogP contribution in [0, 0.1) is 0 Å². The lowest BCUT2D eigenvalue weighted by atomic mass is 10.1. The molecule has 1 aromatic carbocycles. The van der Waals surface area contributed by atoms with Gasteiger partial charge in [-0.25, -0.2) is 0 Å². The number of amides is 1. The second-order valence-corrected chi connectivity index (χ2v) is 5.47. The average Bonchev–Trinajstić information content (AvgIpc) is 2.98. The van der Waals surface area contributed by atoms with Crippen LogP contribution in [-0.4, -0.2) is 32.3 Å². The van der Waals surface area contributed by atoms with Crippen LogP contribution in [0.5, 0.6) is 0 Å². The number of nitrogens with zero attached hydrogens (tertiary/aromatic N) is 1. The molecule has 2 rings (SSSR count). The van der Waals surface area contributed by atoms with E-state index in [1.807, 2.05) is 36.5 Å². The Bertz CT molecular complexity index is 589. The number of benzene rings is 1.